The second-order valence-electron chi connectivity index (χ2n) is 4.46. The first kappa shape index (κ1) is 12.5. The van der Waals surface area contributed by atoms with Gasteiger partial charge in [0.05, 0.1) is 5.92 Å². The minimum Gasteiger partial charge on any atom is -0.326 e. The van der Waals surface area contributed by atoms with Crippen molar-refractivity contribution >= 4 is 23.4 Å². The molecule has 92 valence electrons. The van der Waals surface area contributed by atoms with Gasteiger partial charge in [0.25, 0.3) is 0 Å². The molecule has 0 unspecified atom stereocenters. The second-order valence-corrected chi connectivity index (χ2v) is 5.34. The summed E-state index contributed by atoms with van der Waals surface area (Å²) in [5, 5.41) is 6.22. The Morgan fingerprint density at radius 3 is 2.59 bits per heavy atom. The van der Waals surface area contributed by atoms with E-state index in [-0.39, 0.29) is 11.8 Å². The van der Waals surface area contributed by atoms with Crippen LogP contribution in [0.2, 0.25) is 0 Å². The summed E-state index contributed by atoms with van der Waals surface area (Å²) in [5.41, 5.74) is 0.881. The molecule has 0 radical (unpaired) electrons. The number of benzene rings is 1. The molecule has 4 heteroatoms. The molecule has 1 heterocycles. The SMILES string of the molecule is CSc1ccc(NC(=O)[C@@H]2CNC[C@H]2C)cc1. The molecule has 1 saturated heterocycles. The van der Waals surface area contributed by atoms with E-state index < -0.39 is 0 Å². The van der Waals surface area contributed by atoms with E-state index in [1.54, 1.807) is 11.8 Å². The molecule has 1 aromatic rings. The highest BCUT2D eigenvalue weighted by molar-refractivity contribution is 7.98. The molecule has 17 heavy (non-hydrogen) atoms. The maximum atomic E-state index is 12.0. The Balaban J connectivity index is 1.97. The van der Waals surface area contributed by atoms with Crippen molar-refractivity contribution in [3.05, 3.63) is 24.3 Å². The smallest absolute Gasteiger partial charge is 0.229 e. The third-order valence-electron chi connectivity index (χ3n) is 3.21. The van der Waals surface area contributed by atoms with Crippen molar-refractivity contribution in [3.63, 3.8) is 0 Å². The average Bonchev–Trinajstić information content (AvgIpc) is 2.76. The lowest BCUT2D eigenvalue weighted by Crippen LogP contribution is -2.27. The van der Waals surface area contributed by atoms with E-state index in [4.69, 9.17) is 0 Å². The van der Waals surface area contributed by atoms with Gasteiger partial charge in [0.1, 0.15) is 0 Å². The molecule has 2 N–H and O–H groups in total. The zero-order valence-electron chi connectivity index (χ0n) is 10.2. The second kappa shape index (κ2) is 5.56. The minimum atomic E-state index is 0.0928. The Labute approximate surface area is 106 Å². The molecule has 1 aliphatic heterocycles. The molecule has 0 spiro atoms. The first-order chi connectivity index (χ1) is 8.20. The van der Waals surface area contributed by atoms with Crippen molar-refractivity contribution in [3.8, 4) is 0 Å². The number of nitrogens with one attached hydrogen (secondary N) is 2. The highest BCUT2D eigenvalue weighted by atomic mass is 32.2. The third-order valence-corrected chi connectivity index (χ3v) is 3.96. The quantitative estimate of drug-likeness (QED) is 0.808. The Morgan fingerprint density at radius 2 is 2.06 bits per heavy atom. The molecule has 0 aromatic heterocycles. The van der Waals surface area contributed by atoms with Crippen molar-refractivity contribution in [2.75, 3.05) is 24.7 Å². The number of hydrogen-bond acceptors (Lipinski definition) is 3. The maximum Gasteiger partial charge on any atom is 0.229 e. The Hall–Kier alpha value is -1.00. The number of rotatable bonds is 3. The van der Waals surface area contributed by atoms with Crippen molar-refractivity contribution in [2.45, 2.75) is 11.8 Å². The van der Waals surface area contributed by atoms with Crippen molar-refractivity contribution < 1.29 is 4.79 Å². The molecule has 2 rings (SSSR count). The number of hydrogen-bond donors (Lipinski definition) is 2. The van der Waals surface area contributed by atoms with Gasteiger partial charge < -0.3 is 10.6 Å². The van der Waals surface area contributed by atoms with Gasteiger partial charge in [-0.25, -0.2) is 0 Å². The Kier molecular flexibility index (Phi) is 4.07. The molecule has 0 bridgehead atoms. The van der Waals surface area contributed by atoms with Crippen molar-refractivity contribution in [2.24, 2.45) is 11.8 Å². The number of amides is 1. The van der Waals surface area contributed by atoms with Crippen molar-refractivity contribution in [1.82, 2.24) is 5.32 Å². The van der Waals surface area contributed by atoms with Crippen LogP contribution >= 0.6 is 11.8 Å². The van der Waals surface area contributed by atoms with Gasteiger partial charge in [0.2, 0.25) is 5.91 Å². The van der Waals surface area contributed by atoms with Crippen LogP contribution < -0.4 is 10.6 Å². The van der Waals surface area contributed by atoms with Gasteiger partial charge in [-0.3, -0.25) is 4.79 Å². The summed E-state index contributed by atoms with van der Waals surface area (Å²) in [4.78, 5) is 13.2. The predicted octanol–water partition coefficient (Wildman–Crippen LogP) is 2.20. The summed E-state index contributed by atoms with van der Waals surface area (Å²) in [6.07, 6.45) is 2.04. The van der Waals surface area contributed by atoms with Gasteiger partial charge in [-0.05, 0) is 43.0 Å². The molecule has 2 atom stereocenters. The zero-order valence-corrected chi connectivity index (χ0v) is 11.0. The number of carbonyl (C=O) groups is 1. The van der Waals surface area contributed by atoms with E-state index >= 15 is 0 Å². The van der Waals surface area contributed by atoms with Crippen LogP contribution in [-0.2, 0) is 4.79 Å². The summed E-state index contributed by atoms with van der Waals surface area (Å²) < 4.78 is 0. The average molecular weight is 250 g/mol. The fraction of sp³-hybridized carbons (Fsp3) is 0.462. The van der Waals surface area contributed by atoms with Gasteiger partial charge in [-0.2, -0.15) is 0 Å². The summed E-state index contributed by atoms with van der Waals surface area (Å²) in [5.74, 6) is 0.634. The molecule has 1 amide bonds. The van der Waals surface area contributed by atoms with E-state index in [1.807, 2.05) is 30.5 Å². The van der Waals surface area contributed by atoms with E-state index in [9.17, 15) is 4.79 Å². The molecule has 1 aliphatic rings. The lowest BCUT2D eigenvalue weighted by Gasteiger charge is -2.14. The maximum absolute atomic E-state index is 12.0. The van der Waals surface area contributed by atoms with Gasteiger partial charge in [-0.1, -0.05) is 6.92 Å². The minimum absolute atomic E-state index is 0.0928. The monoisotopic (exact) mass is 250 g/mol. The highest BCUT2D eigenvalue weighted by Gasteiger charge is 2.29. The van der Waals surface area contributed by atoms with Crippen LogP contribution in [0.3, 0.4) is 0 Å². The Bertz CT molecular complexity index is 391. The van der Waals surface area contributed by atoms with Gasteiger partial charge in [0.15, 0.2) is 0 Å². The van der Waals surface area contributed by atoms with Gasteiger partial charge >= 0.3 is 0 Å². The molecular formula is C13H18N2OS. The largest absolute Gasteiger partial charge is 0.326 e. The zero-order chi connectivity index (χ0) is 12.3. The predicted molar refractivity (Wildman–Crippen MR) is 72.4 cm³/mol. The summed E-state index contributed by atoms with van der Waals surface area (Å²) >= 11 is 1.70. The fourth-order valence-electron chi connectivity index (χ4n) is 2.07. The van der Waals surface area contributed by atoms with Crippen LogP contribution in [0, 0.1) is 11.8 Å². The van der Waals surface area contributed by atoms with E-state index in [1.165, 1.54) is 4.90 Å². The standard InChI is InChI=1S/C13H18N2OS/c1-9-7-14-8-12(9)13(16)15-10-3-5-11(17-2)6-4-10/h3-6,9,12,14H,7-8H2,1-2H3,(H,15,16)/t9-,12-/m1/s1. The molecule has 0 aliphatic carbocycles. The Morgan fingerprint density at radius 1 is 1.35 bits per heavy atom. The van der Waals surface area contributed by atoms with E-state index in [0.717, 1.165) is 18.8 Å². The normalized spacial score (nSPS) is 23.6. The first-order valence-electron chi connectivity index (χ1n) is 5.86. The van der Waals surface area contributed by atoms with Crippen LogP contribution in [0.15, 0.2) is 29.2 Å². The lowest BCUT2D eigenvalue weighted by molar-refractivity contribution is -0.120. The molecule has 1 aromatic carbocycles. The highest BCUT2D eigenvalue weighted by Crippen LogP contribution is 2.20. The van der Waals surface area contributed by atoms with Crippen molar-refractivity contribution in [1.29, 1.82) is 0 Å². The van der Waals surface area contributed by atoms with Crippen LogP contribution in [0.1, 0.15) is 6.92 Å². The molecular weight excluding hydrogens is 232 g/mol. The van der Waals surface area contributed by atoms with Gasteiger partial charge in [-0.15, -0.1) is 11.8 Å². The first-order valence-corrected chi connectivity index (χ1v) is 7.09. The van der Waals surface area contributed by atoms with E-state index in [0.29, 0.717) is 5.92 Å². The van der Waals surface area contributed by atoms with Crippen LogP contribution in [0.4, 0.5) is 5.69 Å². The molecule has 1 fully saturated rings. The summed E-state index contributed by atoms with van der Waals surface area (Å²) in [6.45, 7) is 3.83. The van der Waals surface area contributed by atoms with Crippen LogP contribution in [0.25, 0.3) is 0 Å². The number of thioether (sulfide) groups is 1. The lowest BCUT2D eigenvalue weighted by atomic mass is 9.97. The third kappa shape index (κ3) is 3.01. The molecule has 0 saturated carbocycles. The summed E-state index contributed by atoms with van der Waals surface area (Å²) in [7, 11) is 0. The number of carbonyl (C=O) groups excluding carboxylic acids is 1. The fourth-order valence-corrected chi connectivity index (χ4v) is 2.48. The van der Waals surface area contributed by atoms with Crippen LogP contribution in [-0.4, -0.2) is 25.3 Å². The topological polar surface area (TPSA) is 41.1 Å². The summed E-state index contributed by atoms with van der Waals surface area (Å²) in [6, 6.07) is 7.96. The van der Waals surface area contributed by atoms with Gasteiger partial charge in [0, 0.05) is 17.1 Å². The van der Waals surface area contributed by atoms with E-state index in [2.05, 4.69) is 17.6 Å². The molecule has 3 nitrogen and oxygen atoms in total. The van der Waals surface area contributed by atoms with Crippen LogP contribution in [0.5, 0.6) is 0 Å². The number of anilines is 1.